The van der Waals surface area contributed by atoms with E-state index in [4.69, 9.17) is 5.73 Å². The standard InChI is InChI=1S/C8H9N5/c1-6-10-11-12-13(6)8-4-2-7(9)3-5-8/h2-5H,9H2,1H3. The highest BCUT2D eigenvalue weighted by Crippen LogP contribution is 2.09. The third-order valence-corrected chi connectivity index (χ3v) is 1.76. The van der Waals surface area contributed by atoms with Gasteiger partial charge in [-0.3, -0.25) is 0 Å². The largest absolute Gasteiger partial charge is 0.399 e. The van der Waals surface area contributed by atoms with Crippen LogP contribution < -0.4 is 5.73 Å². The summed E-state index contributed by atoms with van der Waals surface area (Å²) in [5.74, 6) is 0.754. The van der Waals surface area contributed by atoms with Crippen LogP contribution in [-0.2, 0) is 0 Å². The second-order valence-electron chi connectivity index (χ2n) is 2.73. The average Bonchev–Trinajstić information content (AvgIpc) is 2.53. The van der Waals surface area contributed by atoms with Gasteiger partial charge in [0.05, 0.1) is 5.69 Å². The molecule has 2 N–H and O–H groups in total. The molecule has 66 valence electrons. The van der Waals surface area contributed by atoms with Crippen LogP contribution in [0.4, 0.5) is 5.69 Å². The SMILES string of the molecule is Cc1nnnn1-c1ccc(N)cc1. The fraction of sp³-hybridized carbons (Fsp3) is 0.125. The first kappa shape index (κ1) is 7.72. The highest BCUT2D eigenvalue weighted by Gasteiger charge is 2.01. The maximum Gasteiger partial charge on any atom is 0.153 e. The number of hydrogen-bond donors (Lipinski definition) is 1. The fourth-order valence-corrected chi connectivity index (χ4v) is 1.09. The highest BCUT2D eigenvalue weighted by atomic mass is 15.5. The van der Waals surface area contributed by atoms with E-state index in [1.807, 2.05) is 31.2 Å². The van der Waals surface area contributed by atoms with Gasteiger partial charge in [-0.05, 0) is 41.6 Å². The molecule has 1 aromatic heterocycles. The monoisotopic (exact) mass is 175 g/mol. The summed E-state index contributed by atoms with van der Waals surface area (Å²) in [6.07, 6.45) is 0. The van der Waals surface area contributed by atoms with Crippen molar-refractivity contribution in [2.24, 2.45) is 0 Å². The number of nitrogens with zero attached hydrogens (tertiary/aromatic N) is 4. The normalized spacial score (nSPS) is 10.2. The number of nitrogen functional groups attached to an aromatic ring is 1. The Morgan fingerprint density at radius 1 is 1.23 bits per heavy atom. The highest BCUT2D eigenvalue weighted by molar-refractivity contribution is 5.44. The second-order valence-corrected chi connectivity index (χ2v) is 2.73. The fourth-order valence-electron chi connectivity index (χ4n) is 1.09. The Labute approximate surface area is 75.2 Å². The van der Waals surface area contributed by atoms with Crippen LogP contribution in [0.1, 0.15) is 5.82 Å². The van der Waals surface area contributed by atoms with Gasteiger partial charge in [0.25, 0.3) is 0 Å². The number of hydrogen-bond acceptors (Lipinski definition) is 4. The van der Waals surface area contributed by atoms with E-state index in [9.17, 15) is 0 Å². The summed E-state index contributed by atoms with van der Waals surface area (Å²) in [5.41, 5.74) is 7.20. The molecule has 0 atom stereocenters. The van der Waals surface area contributed by atoms with Gasteiger partial charge in [-0.25, -0.2) is 0 Å². The van der Waals surface area contributed by atoms with Crippen molar-refractivity contribution < 1.29 is 0 Å². The van der Waals surface area contributed by atoms with Gasteiger partial charge >= 0.3 is 0 Å². The maximum absolute atomic E-state index is 5.56. The smallest absolute Gasteiger partial charge is 0.153 e. The summed E-state index contributed by atoms with van der Waals surface area (Å²) in [6, 6.07) is 7.38. The molecule has 0 amide bonds. The molecule has 0 fully saturated rings. The van der Waals surface area contributed by atoms with Crippen LogP contribution >= 0.6 is 0 Å². The van der Waals surface area contributed by atoms with E-state index in [-0.39, 0.29) is 0 Å². The average molecular weight is 175 g/mol. The number of tetrazole rings is 1. The van der Waals surface area contributed by atoms with Crippen molar-refractivity contribution in [1.29, 1.82) is 0 Å². The van der Waals surface area contributed by atoms with Gasteiger partial charge in [0.15, 0.2) is 5.82 Å². The first-order valence-electron chi connectivity index (χ1n) is 3.88. The van der Waals surface area contributed by atoms with Crippen LogP contribution in [0.5, 0.6) is 0 Å². The molecule has 0 aliphatic heterocycles. The van der Waals surface area contributed by atoms with Gasteiger partial charge in [0.2, 0.25) is 0 Å². The van der Waals surface area contributed by atoms with Gasteiger partial charge in [-0.15, -0.1) is 5.10 Å². The summed E-state index contributed by atoms with van der Waals surface area (Å²) >= 11 is 0. The molecule has 1 aromatic carbocycles. The van der Waals surface area contributed by atoms with Crippen molar-refractivity contribution in [3.63, 3.8) is 0 Å². The molecule has 0 saturated carbocycles. The third kappa shape index (κ3) is 1.35. The molecule has 0 spiro atoms. The maximum atomic E-state index is 5.56. The number of rotatable bonds is 1. The summed E-state index contributed by atoms with van der Waals surface area (Å²) in [7, 11) is 0. The van der Waals surface area contributed by atoms with Gasteiger partial charge in [-0.1, -0.05) is 0 Å². The van der Waals surface area contributed by atoms with Gasteiger partial charge in [-0.2, -0.15) is 4.68 Å². The Balaban J connectivity index is 2.47. The summed E-state index contributed by atoms with van der Waals surface area (Å²) < 4.78 is 1.65. The number of aromatic nitrogens is 4. The minimum Gasteiger partial charge on any atom is -0.399 e. The molecular weight excluding hydrogens is 166 g/mol. The van der Waals surface area contributed by atoms with Crippen molar-refractivity contribution in [3.05, 3.63) is 30.1 Å². The molecule has 1 heterocycles. The van der Waals surface area contributed by atoms with Crippen molar-refractivity contribution >= 4 is 5.69 Å². The van der Waals surface area contributed by atoms with Crippen molar-refractivity contribution in [2.75, 3.05) is 5.73 Å². The number of aryl methyl sites for hydroxylation is 1. The van der Waals surface area contributed by atoms with E-state index in [1.54, 1.807) is 4.68 Å². The van der Waals surface area contributed by atoms with Gasteiger partial charge in [0.1, 0.15) is 0 Å². The molecule has 0 unspecified atom stereocenters. The minimum atomic E-state index is 0.731. The molecule has 2 aromatic rings. The zero-order valence-electron chi connectivity index (χ0n) is 7.18. The first-order chi connectivity index (χ1) is 6.27. The summed E-state index contributed by atoms with van der Waals surface area (Å²) in [5, 5.41) is 11.2. The molecule has 0 saturated heterocycles. The molecule has 2 rings (SSSR count). The number of anilines is 1. The van der Waals surface area contributed by atoms with Gasteiger partial charge in [0, 0.05) is 5.69 Å². The lowest BCUT2D eigenvalue weighted by atomic mass is 10.3. The molecule has 5 nitrogen and oxygen atoms in total. The van der Waals surface area contributed by atoms with Crippen LogP contribution in [0.2, 0.25) is 0 Å². The second kappa shape index (κ2) is 2.85. The Kier molecular flexibility index (Phi) is 1.70. The topological polar surface area (TPSA) is 69.6 Å². The van der Waals surface area contributed by atoms with E-state index in [0.717, 1.165) is 17.2 Å². The molecule has 13 heavy (non-hydrogen) atoms. The molecule has 0 aliphatic carbocycles. The number of nitrogens with two attached hydrogens (primary N) is 1. The van der Waals surface area contributed by atoms with Crippen molar-refractivity contribution in [1.82, 2.24) is 20.2 Å². The van der Waals surface area contributed by atoms with Crippen LogP contribution in [0.15, 0.2) is 24.3 Å². The molecule has 0 aliphatic rings. The van der Waals surface area contributed by atoms with Gasteiger partial charge < -0.3 is 5.73 Å². The predicted molar refractivity (Wildman–Crippen MR) is 48.3 cm³/mol. The zero-order chi connectivity index (χ0) is 9.26. The molecule has 0 radical (unpaired) electrons. The van der Waals surface area contributed by atoms with E-state index in [0.29, 0.717) is 0 Å². The van der Waals surface area contributed by atoms with E-state index >= 15 is 0 Å². The summed E-state index contributed by atoms with van der Waals surface area (Å²) in [4.78, 5) is 0. The van der Waals surface area contributed by atoms with E-state index in [2.05, 4.69) is 15.5 Å². The Hall–Kier alpha value is -1.91. The Morgan fingerprint density at radius 2 is 1.92 bits per heavy atom. The lowest BCUT2D eigenvalue weighted by Crippen LogP contribution is -1.99. The Morgan fingerprint density at radius 3 is 2.46 bits per heavy atom. The quantitative estimate of drug-likeness (QED) is 0.642. The van der Waals surface area contributed by atoms with E-state index < -0.39 is 0 Å². The molecule has 5 heteroatoms. The Bertz CT molecular complexity index is 403. The van der Waals surface area contributed by atoms with Crippen LogP contribution in [-0.4, -0.2) is 20.2 Å². The van der Waals surface area contributed by atoms with Crippen molar-refractivity contribution in [2.45, 2.75) is 6.92 Å². The van der Waals surface area contributed by atoms with Crippen LogP contribution in [0.3, 0.4) is 0 Å². The number of benzene rings is 1. The zero-order valence-corrected chi connectivity index (χ0v) is 7.18. The van der Waals surface area contributed by atoms with Crippen LogP contribution in [0.25, 0.3) is 5.69 Å². The van der Waals surface area contributed by atoms with Crippen molar-refractivity contribution in [3.8, 4) is 5.69 Å². The summed E-state index contributed by atoms with van der Waals surface area (Å²) in [6.45, 7) is 1.84. The molecule has 0 bridgehead atoms. The van der Waals surface area contributed by atoms with Crippen LogP contribution in [0, 0.1) is 6.92 Å². The molecular formula is C8H9N5. The first-order valence-corrected chi connectivity index (χ1v) is 3.88. The third-order valence-electron chi connectivity index (χ3n) is 1.76. The minimum absolute atomic E-state index is 0.731. The lowest BCUT2D eigenvalue weighted by Gasteiger charge is -2.00. The van der Waals surface area contributed by atoms with E-state index in [1.165, 1.54) is 0 Å². The predicted octanol–water partition coefficient (Wildman–Crippen LogP) is 0.553. The lowest BCUT2D eigenvalue weighted by molar-refractivity contribution is 0.779.